The van der Waals surface area contributed by atoms with Gasteiger partial charge in [0.2, 0.25) is 5.91 Å². The van der Waals surface area contributed by atoms with Crippen molar-refractivity contribution in [2.45, 2.75) is 39.4 Å². The molecule has 1 N–H and O–H groups in total. The molecule has 3 rings (SSSR count). The predicted octanol–water partition coefficient (Wildman–Crippen LogP) is 0.741. The third-order valence-electron chi connectivity index (χ3n) is 4.29. The van der Waals surface area contributed by atoms with E-state index in [0.29, 0.717) is 31.7 Å². The molecule has 2 aromatic rings. The fraction of sp³-hybridized carbons (Fsp3) is 0.500. The van der Waals surface area contributed by atoms with Crippen molar-refractivity contribution in [3.8, 4) is 0 Å². The maximum atomic E-state index is 13.0. The highest BCUT2D eigenvalue weighted by molar-refractivity contribution is 5.92. The van der Waals surface area contributed by atoms with Crippen molar-refractivity contribution in [1.29, 1.82) is 0 Å². The second-order valence-corrected chi connectivity index (χ2v) is 5.97. The molecule has 8 heteroatoms. The van der Waals surface area contributed by atoms with Gasteiger partial charge in [0.05, 0.1) is 30.4 Å². The lowest BCUT2D eigenvalue weighted by Gasteiger charge is -2.33. The van der Waals surface area contributed by atoms with E-state index in [1.165, 1.54) is 0 Å². The minimum Gasteiger partial charge on any atom is -0.359 e. The Balaban J connectivity index is 1.87. The molecule has 0 radical (unpaired) electrons. The Bertz CT molecular complexity index is 762. The van der Waals surface area contributed by atoms with E-state index >= 15 is 0 Å². The average molecular weight is 330 g/mol. The van der Waals surface area contributed by atoms with Crippen LogP contribution >= 0.6 is 0 Å². The first kappa shape index (κ1) is 16.2. The summed E-state index contributed by atoms with van der Waals surface area (Å²) in [6, 6.07) is 3.54. The average Bonchev–Trinajstić information content (AvgIpc) is 3.19. The number of hydrogen-bond acceptors (Lipinski definition) is 4. The van der Waals surface area contributed by atoms with Gasteiger partial charge in [-0.1, -0.05) is 0 Å². The van der Waals surface area contributed by atoms with Gasteiger partial charge in [0, 0.05) is 26.3 Å². The van der Waals surface area contributed by atoms with E-state index < -0.39 is 0 Å². The van der Waals surface area contributed by atoms with E-state index in [0.717, 1.165) is 11.4 Å². The smallest absolute Gasteiger partial charge is 0.272 e. The number of carbonyl (C=O) groups excluding carboxylic acids is 2. The van der Waals surface area contributed by atoms with Crippen molar-refractivity contribution in [2.24, 2.45) is 0 Å². The molecule has 0 saturated carbocycles. The quantitative estimate of drug-likeness (QED) is 0.896. The Morgan fingerprint density at radius 1 is 1.42 bits per heavy atom. The predicted molar refractivity (Wildman–Crippen MR) is 87.3 cm³/mol. The standard InChI is InChI=1S/C16H22N6O2/c1-4-21-14(7-11(2)19-21)16(24)20-9-12-5-6-18-22(12)13(10-20)8-15(23)17-3/h5-7,13H,4,8-10H2,1-3H3,(H,17,23)/t13-/m1/s1. The zero-order chi connectivity index (χ0) is 17.3. The number of fused-ring (bicyclic) bond motifs is 1. The van der Waals surface area contributed by atoms with Crippen LogP contribution in [0.1, 0.15) is 41.3 Å². The van der Waals surface area contributed by atoms with E-state index in [2.05, 4.69) is 15.5 Å². The summed E-state index contributed by atoms with van der Waals surface area (Å²) in [5.41, 5.74) is 2.34. The summed E-state index contributed by atoms with van der Waals surface area (Å²) in [4.78, 5) is 26.5. The van der Waals surface area contributed by atoms with Gasteiger partial charge in [-0.05, 0) is 26.0 Å². The fourth-order valence-electron chi connectivity index (χ4n) is 3.13. The molecular weight excluding hydrogens is 308 g/mol. The fourth-order valence-corrected chi connectivity index (χ4v) is 3.13. The molecule has 1 aliphatic heterocycles. The number of nitrogens with zero attached hydrogens (tertiary/aromatic N) is 5. The van der Waals surface area contributed by atoms with E-state index in [4.69, 9.17) is 0 Å². The molecule has 0 bridgehead atoms. The van der Waals surface area contributed by atoms with Crippen LogP contribution in [0.25, 0.3) is 0 Å². The number of hydrogen-bond donors (Lipinski definition) is 1. The SMILES string of the molecule is CCn1nc(C)cc1C(=O)N1Cc2ccnn2[C@H](CC(=O)NC)C1. The number of aryl methyl sites for hydroxylation is 2. The Kier molecular flexibility index (Phi) is 4.37. The number of amides is 2. The van der Waals surface area contributed by atoms with Gasteiger partial charge in [-0.25, -0.2) is 0 Å². The maximum absolute atomic E-state index is 13.0. The van der Waals surface area contributed by atoms with Crippen LogP contribution in [0.5, 0.6) is 0 Å². The third-order valence-corrected chi connectivity index (χ3v) is 4.29. The van der Waals surface area contributed by atoms with E-state index in [1.807, 2.05) is 30.7 Å². The molecular formula is C16H22N6O2. The molecule has 0 aromatic carbocycles. The second-order valence-electron chi connectivity index (χ2n) is 5.97. The molecule has 0 saturated heterocycles. The van der Waals surface area contributed by atoms with Crippen molar-refractivity contribution in [3.63, 3.8) is 0 Å². The molecule has 1 atom stereocenters. The molecule has 2 aromatic heterocycles. The lowest BCUT2D eigenvalue weighted by atomic mass is 10.1. The monoisotopic (exact) mass is 330 g/mol. The molecule has 8 nitrogen and oxygen atoms in total. The summed E-state index contributed by atoms with van der Waals surface area (Å²) in [5.74, 6) is -0.128. The van der Waals surface area contributed by atoms with Crippen LogP contribution in [-0.2, 0) is 17.9 Å². The van der Waals surface area contributed by atoms with E-state index in [1.54, 1.807) is 22.8 Å². The zero-order valence-corrected chi connectivity index (χ0v) is 14.2. The van der Waals surface area contributed by atoms with Crippen LogP contribution in [0.2, 0.25) is 0 Å². The number of aromatic nitrogens is 4. The van der Waals surface area contributed by atoms with Gasteiger partial charge in [0.25, 0.3) is 5.91 Å². The highest BCUT2D eigenvalue weighted by Gasteiger charge is 2.31. The second kappa shape index (κ2) is 6.46. The van der Waals surface area contributed by atoms with E-state index in [-0.39, 0.29) is 17.9 Å². The molecule has 2 amide bonds. The van der Waals surface area contributed by atoms with Crippen molar-refractivity contribution in [3.05, 3.63) is 35.4 Å². The van der Waals surface area contributed by atoms with Crippen LogP contribution in [-0.4, -0.2) is 49.9 Å². The summed E-state index contributed by atoms with van der Waals surface area (Å²) < 4.78 is 3.57. The van der Waals surface area contributed by atoms with Crippen LogP contribution in [0.3, 0.4) is 0 Å². The number of rotatable bonds is 4. The molecule has 1 aliphatic rings. The van der Waals surface area contributed by atoms with Crippen LogP contribution < -0.4 is 5.32 Å². The summed E-state index contributed by atoms with van der Waals surface area (Å²) in [6.07, 6.45) is 2.00. The zero-order valence-electron chi connectivity index (χ0n) is 14.2. The Labute approximate surface area is 140 Å². The molecule has 24 heavy (non-hydrogen) atoms. The van der Waals surface area contributed by atoms with Crippen molar-refractivity contribution < 1.29 is 9.59 Å². The first-order valence-electron chi connectivity index (χ1n) is 8.10. The summed E-state index contributed by atoms with van der Waals surface area (Å²) in [5, 5.41) is 11.3. The van der Waals surface area contributed by atoms with Gasteiger partial charge >= 0.3 is 0 Å². The summed E-state index contributed by atoms with van der Waals surface area (Å²) in [7, 11) is 1.61. The van der Waals surface area contributed by atoms with Gasteiger partial charge in [-0.15, -0.1) is 0 Å². The molecule has 0 spiro atoms. The van der Waals surface area contributed by atoms with E-state index in [9.17, 15) is 9.59 Å². The van der Waals surface area contributed by atoms with Crippen LogP contribution in [0.15, 0.2) is 18.3 Å². The van der Waals surface area contributed by atoms with Crippen molar-refractivity contribution >= 4 is 11.8 Å². The normalized spacial score (nSPS) is 16.8. The number of nitrogens with one attached hydrogen (secondary N) is 1. The molecule has 0 fully saturated rings. The minimum absolute atomic E-state index is 0.0631. The Morgan fingerprint density at radius 3 is 2.92 bits per heavy atom. The topological polar surface area (TPSA) is 85.1 Å². The molecule has 128 valence electrons. The highest BCUT2D eigenvalue weighted by Crippen LogP contribution is 2.24. The van der Waals surface area contributed by atoms with Gasteiger partial charge < -0.3 is 10.2 Å². The molecule has 0 aliphatic carbocycles. The minimum atomic E-state index is -0.160. The lowest BCUT2D eigenvalue weighted by molar-refractivity contribution is -0.121. The van der Waals surface area contributed by atoms with Gasteiger partial charge in [-0.3, -0.25) is 19.0 Å². The van der Waals surface area contributed by atoms with Gasteiger partial charge in [-0.2, -0.15) is 10.2 Å². The highest BCUT2D eigenvalue weighted by atomic mass is 16.2. The summed E-state index contributed by atoms with van der Waals surface area (Å²) in [6.45, 7) is 5.42. The van der Waals surface area contributed by atoms with Crippen LogP contribution in [0.4, 0.5) is 0 Å². The van der Waals surface area contributed by atoms with Gasteiger partial charge in [0.1, 0.15) is 5.69 Å². The number of carbonyl (C=O) groups is 2. The third kappa shape index (κ3) is 2.91. The first-order valence-corrected chi connectivity index (χ1v) is 8.10. The molecule has 3 heterocycles. The summed E-state index contributed by atoms with van der Waals surface area (Å²) >= 11 is 0. The maximum Gasteiger partial charge on any atom is 0.272 e. The first-order chi connectivity index (χ1) is 11.5. The molecule has 0 unspecified atom stereocenters. The lowest BCUT2D eigenvalue weighted by Crippen LogP contribution is -2.43. The van der Waals surface area contributed by atoms with Gasteiger partial charge in [0.15, 0.2) is 0 Å². The van der Waals surface area contributed by atoms with Crippen molar-refractivity contribution in [1.82, 2.24) is 29.8 Å². The Morgan fingerprint density at radius 2 is 2.21 bits per heavy atom. The Hall–Kier alpha value is -2.64. The van der Waals surface area contributed by atoms with Crippen LogP contribution in [0, 0.1) is 6.92 Å². The van der Waals surface area contributed by atoms with Crippen molar-refractivity contribution in [2.75, 3.05) is 13.6 Å². The largest absolute Gasteiger partial charge is 0.359 e.